The molecule has 0 aromatic carbocycles. The normalized spacial score (nSPS) is 22.6. The minimum absolute atomic E-state index is 0.234. The number of aliphatic imine (C=N–C) groups is 2. The van der Waals surface area contributed by atoms with Crippen molar-refractivity contribution in [2.45, 2.75) is 25.0 Å². The van der Waals surface area contributed by atoms with Gasteiger partial charge in [0.2, 0.25) is 0 Å². The standard InChI is InChI=1S/C15H18N8S2/c1-2-18-11(6-16-1)5-12-8-24-14(19-12)21-22-15-20-13(9-25-15)7-23-4-3-17-10-23/h1-4,6,10,12-13H,5,7-9H2,(H,19,21)(H,20,22). The third-order valence-corrected chi connectivity index (χ3v) is 5.81. The number of nitrogens with one attached hydrogen (secondary N) is 2. The van der Waals surface area contributed by atoms with Crippen LogP contribution in [-0.4, -0.2) is 53.4 Å². The topological polar surface area (TPSA) is 92.4 Å². The van der Waals surface area contributed by atoms with Crippen LogP contribution in [0.4, 0.5) is 0 Å². The first-order valence-corrected chi connectivity index (χ1v) is 9.96. The van der Waals surface area contributed by atoms with Crippen LogP contribution >= 0.6 is 23.5 Å². The lowest BCUT2D eigenvalue weighted by atomic mass is 10.2. The number of hydrogen-bond acceptors (Lipinski definition) is 9. The van der Waals surface area contributed by atoms with Gasteiger partial charge < -0.3 is 4.57 Å². The Morgan fingerprint density at radius 1 is 1.00 bits per heavy atom. The molecule has 0 aliphatic carbocycles. The van der Waals surface area contributed by atoms with E-state index in [1.54, 1.807) is 48.3 Å². The maximum absolute atomic E-state index is 4.69. The molecule has 10 heteroatoms. The fourth-order valence-corrected chi connectivity index (χ4v) is 4.35. The van der Waals surface area contributed by atoms with E-state index >= 15 is 0 Å². The summed E-state index contributed by atoms with van der Waals surface area (Å²) in [4.78, 5) is 21.8. The highest BCUT2D eigenvalue weighted by Crippen LogP contribution is 2.20. The molecule has 0 saturated carbocycles. The quantitative estimate of drug-likeness (QED) is 0.770. The van der Waals surface area contributed by atoms with Crippen molar-refractivity contribution >= 4 is 33.9 Å². The zero-order valence-electron chi connectivity index (χ0n) is 13.4. The Labute approximate surface area is 154 Å². The molecule has 0 amide bonds. The number of imidazole rings is 1. The average Bonchev–Trinajstić information content (AvgIpc) is 3.37. The lowest BCUT2D eigenvalue weighted by Gasteiger charge is -2.07. The SMILES string of the molecule is c1cnc(CC2CSC(NNC3=NC(Cn4ccnc4)CS3)=N2)cn1. The number of nitrogens with zero attached hydrogens (tertiary/aromatic N) is 6. The Morgan fingerprint density at radius 3 is 2.52 bits per heavy atom. The summed E-state index contributed by atoms with van der Waals surface area (Å²) in [6.07, 6.45) is 11.6. The minimum Gasteiger partial charge on any atom is -0.335 e. The number of aromatic nitrogens is 4. The highest BCUT2D eigenvalue weighted by molar-refractivity contribution is 8.14. The number of hydrazine groups is 1. The first-order chi connectivity index (χ1) is 12.3. The number of rotatable bonds is 4. The van der Waals surface area contributed by atoms with Gasteiger partial charge in [-0.15, -0.1) is 0 Å². The molecule has 0 fully saturated rings. The summed E-state index contributed by atoms with van der Waals surface area (Å²) in [5, 5.41) is 1.81. The van der Waals surface area contributed by atoms with Gasteiger partial charge in [-0.3, -0.25) is 30.8 Å². The zero-order chi connectivity index (χ0) is 16.9. The van der Waals surface area contributed by atoms with E-state index in [0.717, 1.165) is 40.5 Å². The zero-order valence-corrected chi connectivity index (χ0v) is 15.1. The first kappa shape index (κ1) is 16.4. The van der Waals surface area contributed by atoms with E-state index in [4.69, 9.17) is 0 Å². The fraction of sp³-hybridized carbons (Fsp3) is 0.400. The van der Waals surface area contributed by atoms with E-state index in [-0.39, 0.29) is 12.1 Å². The van der Waals surface area contributed by atoms with Crippen LogP contribution in [0.5, 0.6) is 0 Å². The second-order valence-electron chi connectivity index (χ2n) is 5.71. The Kier molecular flexibility index (Phi) is 5.17. The second-order valence-corrected chi connectivity index (χ2v) is 7.73. The van der Waals surface area contributed by atoms with Gasteiger partial charge in [0.25, 0.3) is 0 Å². The molecule has 2 aliphatic heterocycles. The predicted molar refractivity (Wildman–Crippen MR) is 102 cm³/mol. The van der Waals surface area contributed by atoms with Crippen LogP contribution in [0.2, 0.25) is 0 Å². The molecular weight excluding hydrogens is 356 g/mol. The molecule has 2 aromatic rings. The van der Waals surface area contributed by atoms with Gasteiger partial charge in [0.15, 0.2) is 10.3 Å². The maximum Gasteiger partial charge on any atom is 0.175 e. The molecule has 8 nitrogen and oxygen atoms in total. The average molecular weight is 374 g/mol. The Morgan fingerprint density at radius 2 is 1.80 bits per heavy atom. The summed E-state index contributed by atoms with van der Waals surface area (Å²) >= 11 is 3.43. The van der Waals surface area contributed by atoms with Crippen molar-refractivity contribution in [3.8, 4) is 0 Å². The molecule has 4 heterocycles. The van der Waals surface area contributed by atoms with Crippen LogP contribution in [0.15, 0.2) is 47.3 Å². The van der Waals surface area contributed by atoms with Gasteiger partial charge in [0, 0.05) is 55.5 Å². The van der Waals surface area contributed by atoms with Gasteiger partial charge in [0.05, 0.1) is 24.1 Å². The van der Waals surface area contributed by atoms with Crippen molar-refractivity contribution in [1.82, 2.24) is 30.4 Å². The van der Waals surface area contributed by atoms with Crippen molar-refractivity contribution in [3.63, 3.8) is 0 Å². The molecule has 2 aliphatic rings. The van der Waals surface area contributed by atoms with Gasteiger partial charge in [-0.2, -0.15) is 0 Å². The Bertz CT molecular complexity index is 746. The molecule has 2 N–H and O–H groups in total. The van der Waals surface area contributed by atoms with Gasteiger partial charge in [-0.05, 0) is 0 Å². The summed E-state index contributed by atoms with van der Waals surface area (Å²) in [5.74, 6) is 1.92. The Hall–Kier alpha value is -2.07. The summed E-state index contributed by atoms with van der Waals surface area (Å²) in [6, 6.07) is 0.504. The summed E-state index contributed by atoms with van der Waals surface area (Å²) in [5.41, 5.74) is 7.33. The van der Waals surface area contributed by atoms with Crippen LogP contribution in [-0.2, 0) is 13.0 Å². The van der Waals surface area contributed by atoms with Crippen molar-refractivity contribution in [3.05, 3.63) is 43.0 Å². The smallest absolute Gasteiger partial charge is 0.175 e. The third-order valence-electron chi connectivity index (χ3n) is 3.74. The molecule has 4 rings (SSSR count). The van der Waals surface area contributed by atoms with E-state index in [1.807, 2.05) is 12.5 Å². The number of amidine groups is 2. The van der Waals surface area contributed by atoms with Crippen LogP contribution in [0, 0.1) is 0 Å². The van der Waals surface area contributed by atoms with Crippen LogP contribution in [0.25, 0.3) is 0 Å². The molecule has 2 atom stereocenters. The number of thioether (sulfide) groups is 2. The molecule has 25 heavy (non-hydrogen) atoms. The molecule has 2 aromatic heterocycles. The monoisotopic (exact) mass is 374 g/mol. The lowest BCUT2D eigenvalue weighted by molar-refractivity contribution is 0.601. The lowest BCUT2D eigenvalue weighted by Crippen LogP contribution is -2.38. The third kappa shape index (κ3) is 4.51. The highest BCUT2D eigenvalue weighted by atomic mass is 32.2. The summed E-state index contributed by atoms with van der Waals surface area (Å²) in [6.45, 7) is 0.855. The van der Waals surface area contributed by atoms with Crippen molar-refractivity contribution in [2.24, 2.45) is 9.98 Å². The van der Waals surface area contributed by atoms with Gasteiger partial charge in [0.1, 0.15) is 0 Å². The molecule has 2 unspecified atom stereocenters. The van der Waals surface area contributed by atoms with Gasteiger partial charge >= 0.3 is 0 Å². The van der Waals surface area contributed by atoms with E-state index < -0.39 is 0 Å². The molecule has 130 valence electrons. The van der Waals surface area contributed by atoms with Crippen molar-refractivity contribution < 1.29 is 0 Å². The summed E-state index contributed by atoms with van der Waals surface area (Å²) < 4.78 is 2.05. The minimum atomic E-state index is 0.234. The fourth-order valence-electron chi connectivity index (χ4n) is 2.59. The van der Waals surface area contributed by atoms with Crippen LogP contribution < -0.4 is 10.9 Å². The van der Waals surface area contributed by atoms with Crippen LogP contribution in [0.3, 0.4) is 0 Å². The molecule has 0 saturated heterocycles. The van der Waals surface area contributed by atoms with Crippen molar-refractivity contribution in [1.29, 1.82) is 0 Å². The van der Waals surface area contributed by atoms with Crippen LogP contribution in [0.1, 0.15) is 5.69 Å². The van der Waals surface area contributed by atoms with E-state index in [0.29, 0.717) is 0 Å². The Balaban J connectivity index is 1.25. The molecule has 0 spiro atoms. The van der Waals surface area contributed by atoms with E-state index in [1.165, 1.54) is 0 Å². The van der Waals surface area contributed by atoms with Gasteiger partial charge in [-0.25, -0.2) is 4.98 Å². The van der Waals surface area contributed by atoms with Gasteiger partial charge in [-0.1, -0.05) is 23.5 Å². The molecular formula is C15H18N8S2. The van der Waals surface area contributed by atoms with E-state index in [9.17, 15) is 0 Å². The summed E-state index contributed by atoms with van der Waals surface area (Å²) in [7, 11) is 0. The largest absolute Gasteiger partial charge is 0.335 e. The van der Waals surface area contributed by atoms with E-state index in [2.05, 4.69) is 40.4 Å². The van der Waals surface area contributed by atoms with Crippen molar-refractivity contribution in [2.75, 3.05) is 11.5 Å². The first-order valence-electron chi connectivity index (χ1n) is 7.99. The molecule has 0 radical (unpaired) electrons. The molecule has 0 bridgehead atoms. The predicted octanol–water partition coefficient (Wildman–Crippen LogP) is 0.953. The maximum atomic E-state index is 4.69. The highest BCUT2D eigenvalue weighted by Gasteiger charge is 2.21. The number of hydrogen-bond donors (Lipinski definition) is 2. The second kappa shape index (κ2) is 7.87.